The Hall–Kier alpha value is -5.82. The summed E-state index contributed by atoms with van der Waals surface area (Å²) in [6.45, 7) is 10.3. The quantitative estimate of drug-likeness (QED) is 0.0197. The minimum atomic E-state index is -0.478. The Balaban J connectivity index is 1.10. The van der Waals surface area contributed by atoms with Crippen LogP contribution in [0.3, 0.4) is 0 Å². The third-order valence-corrected chi connectivity index (χ3v) is 12.5. The van der Waals surface area contributed by atoms with Crippen LogP contribution in [0.25, 0.3) is 10.2 Å². The standard InChI is InChI=1S/C49H57N3O9S/c1-4-11-34-14-16-35(17-15-34)38-22-27-43(39(32-38)33-50-52(28-9-29-58-45(53)5-2)49-51-42-12-7-8-13-44(42)62-49)61-48(56)37-20-18-36(19-21-37)47(55)60-41-25-23-40(24-26-41)57-30-10-31-59-46(54)6-3/h5-8,12-13,22-27,32-37H,2-4,9-11,14-21,28-31H2,1H3/b50-33+. The van der Waals surface area contributed by atoms with Gasteiger partial charge in [-0.1, -0.05) is 62.5 Å². The minimum Gasteiger partial charge on any atom is -0.493 e. The lowest BCUT2D eigenvalue weighted by molar-refractivity contribution is -0.145. The highest BCUT2D eigenvalue weighted by Crippen LogP contribution is 2.39. The van der Waals surface area contributed by atoms with Crippen molar-refractivity contribution in [3.63, 3.8) is 0 Å². The molecule has 2 aliphatic carbocycles. The Morgan fingerprint density at radius 2 is 1.42 bits per heavy atom. The first-order valence-corrected chi connectivity index (χ1v) is 22.6. The van der Waals surface area contributed by atoms with Gasteiger partial charge < -0.3 is 23.7 Å². The van der Waals surface area contributed by atoms with E-state index in [-0.39, 0.29) is 37.0 Å². The van der Waals surface area contributed by atoms with Crippen LogP contribution in [-0.4, -0.2) is 61.4 Å². The van der Waals surface area contributed by atoms with Crippen molar-refractivity contribution < 1.29 is 42.9 Å². The molecule has 0 spiro atoms. The zero-order chi connectivity index (χ0) is 43.7. The Kier molecular flexibility index (Phi) is 17.3. The first-order chi connectivity index (χ1) is 30.2. The first kappa shape index (κ1) is 45.7. The van der Waals surface area contributed by atoms with Crippen LogP contribution in [0.2, 0.25) is 0 Å². The van der Waals surface area contributed by atoms with Crippen LogP contribution in [0.4, 0.5) is 5.13 Å². The van der Waals surface area contributed by atoms with E-state index in [1.165, 1.54) is 42.6 Å². The van der Waals surface area contributed by atoms with Crippen molar-refractivity contribution in [3.8, 4) is 17.2 Å². The zero-order valence-corrected chi connectivity index (χ0v) is 36.4. The predicted octanol–water partition coefficient (Wildman–Crippen LogP) is 10.1. The molecule has 3 aromatic carbocycles. The molecule has 0 unspecified atom stereocenters. The highest BCUT2D eigenvalue weighted by molar-refractivity contribution is 7.22. The van der Waals surface area contributed by atoms with Gasteiger partial charge >= 0.3 is 23.9 Å². The molecule has 0 bridgehead atoms. The molecule has 0 amide bonds. The van der Waals surface area contributed by atoms with Gasteiger partial charge in [-0.25, -0.2) is 19.6 Å². The monoisotopic (exact) mass is 863 g/mol. The molecule has 13 heteroatoms. The molecule has 62 heavy (non-hydrogen) atoms. The molecule has 2 saturated carbocycles. The van der Waals surface area contributed by atoms with Gasteiger partial charge in [0, 0.05) is 37.1 Å². The number of nitrogens with zero attached hydrogens (tertiary/aromatic N) is 3. The van der Waals surface area contributed by atoms with Gasteiger partial charge in [0.05, 0.1) is 48.1 Å². The second kappa shape index (κ2) is 23.4. The van der Waals surface area contributed by atoms with Crippen LogP contribution in [0.15, 0.2) is 97.1 Å². The Labute approximate surface area is 367 Å². The number of esters is 4. The molecule has 0 N–H and O–H groups in total. The molecule has 0 radical (unpaired) electrons. The third kappa shape index (κ3) is 13.3. The molecule has 2 fully saturated rings. The Bertz CT molecular complexity index is 2140. The summed E-state index contributed by atoms with van der Waals surface area (Å²) in [7, 11) is 0. The van der Waals surface area contributed by atoms with Crippen LogP contribution in [-0.2, 0) is 28.7 Å². The summed E-state index contributed by atoms with van der Waals surface area (Å²) in [5.41, 5.74) is 2.76. The maximum Gasteiger partial charge on any atom is 0.330 e. The summed E-state index contributed by atoms with van der Waals surface area (Å²) in [4.78, 5) is 54.6. The minimum absolute atomic E-state index is 0.198. The summed E-state index contributed by atoms with van der Waals surface area (Å²) < 4.78 is 28.8. The van der Waals surface area contributed by atoms with Gasteiger partial charge in [-0.05, 0) is 117 Å². The van der Waals surface area contributed by atoms with Crippen molar-refractivity contribution >= 4 is 56.8 Å². The number of para-hydroxylation sites is 1. The van der Waals surface area contributed by atoms with Crippen LogP contribution < -0.4 is 19.2 Å². The smallest absolute Gasteiger partial charge is 0.330 e. The molecule has 4 aromatic rings. The van der Waals surface area contributed by atoms with Gasteiger partial charge in [0.15, 0.2) is 0 Å². The predicted molar refractivity (Wildman–Crippen MR) is 241 cm³/mol. The molecular formula is C49H57N3O9S. The Morgan fingerprint density at radius 3 is 2.08 bits per heavy atom. The SMILES string of the molecule is C=CC(=O)OCCCOc1ccc(OC(=O)C2CCC(C(=O)Oc3ccc(C4CCC(CCC)CC4)cc3/C=N/N(CCCOC(=O)C=C)c3nc4ccccc4s3)CC2)cc1. The summed E-state index contributed by atoms with van der Waals surface area (Å²) >= 11 is 1.52. The van der Waals surface area contributed by atoms with Gasteiger partial charge in [0.25, 0.3) is 0 Å². The second-order valence-electron chi connectivity index (χ2n) is 15.8. The molecule has 328 valence electrons. The largest absolute Gasteiger partial charge is 0.493 e. The third-order valence-electron chi connectivity index (χ3n) is 11.4. The number of fused-ring (bicyclic) bond motifs is 1. The maximum atomic E-state index is 13.8. The maximum absolute atomic E-state index is 13.8. The lowest BCUT2D eigenvalue weighted by Crippen LogP contribution is -2.30. The van der Waals surface area contributed by atoms with Gasteiger partial charge in [-0.2, -0.15) is 5.10 Å². The number of anilines is 1. The van der Waals surface area contributed by atoms with E-state index in [1.54, 1.807) is 35.5 Å². The topological polar surface area (TPSA) is 143 Å². The van der Waals surface area contributed by atoms with Gasteiger partial charge in [0.1, 0.15) is 17.2 Å². The van der Waals surface area contributed by atoms with Gasteiger partial charge in [-0.3, -0.25) is 9.59 Å². The number of thiazole rings is 1. The molecule has 1 aromatic heterocycles. The van der Waals surface area contributed by atoms with E-state index < -0.39 is 11.9 Å². The lowest BCUT2D eigenvalue weighted by Gasteiger charge is -2.29. The van der Waals surface area contributed by atoms with Crippen molar-refractivity contribution in [3.05, 3.63) is 103 Å². The number of carbonyl (C=O) groups excluding carboxylic acids is 4. The van der Waals surface area contributed by atoms with E-state index >= 15 is 0 Å². The van der Waals surface area contributed by atoms with Crippen LogP contribution >= 0.6 is 11.3 Å². The van der Waals surface area contributed by atoms with E-state index in [9.17, 15) is 19.2 Å². The fourth-order valence-electron chi connectivity index (χ4n) is 8.00. The molecule has 0 aliphatic heterocycles. The van der Waals surface area contributed by atoms with Crippen LogP contribution in [0, 0.1) is 17.8 Å². The highest BCUT2D eigenvalue weighted by atomic mass is 32.1. The van der Waals surface area contributed by atoms with Crippen molar-refractivity contribution in [1.82, 2.24) is 4.98 Å². The molecule has 6 rings (SSSR count). The number of benzene rings is 3. The summed E-state index contributed by atoms with van der Waals surface area (Å²) in [5.74, 6) is 0.307. The number of hydrogen-bond acceptors (Lipinski definition) is 13. The number of hydrogen-bond donors (Lipinski definition) is 0. The average molecular weight is 864 g/mol. The fourth-order valence-corrected chi connectivity index (χ4v) is 8.95. The van der Waals surface area contributed by atoms with E-state index in [1.807, 2.05) is 30.3 Å². The number of carbonyl (C=O) groups is 4. The van der Waals surface area contributed by atoms with E-state index in [2.05, 4.69) is 32.2 Å². The first-order valence-electron chi connectivity index (χ1n) is 21.8. The summed E-state index contributed by atoms with van der Waals surface area (Å²) in [5, 5.41) is 7.42. The van der Waals surface area contributed by atoms with Gasteiger partial charge in [-0.15, -0.1) is 0 Å². The Morgan fingerprint density at radius 1 is 0.774 bits per heavy atom. The summed E-state index contributed by atoms with van der Waals surface area (Å²) in [6, 6.07) is 20.8. The van der Waals surface area contributed by atoms with E-state index in [0.717, 1.165) is 41.1 Å². The lowest BCUT2D eigenvalue weighted by atomic mass is 9.77. The molecule has 2 aliphatic rings. The molecule has 1 heterocycles. The molecule has 0 atom stereocenters. The van der Waals surface area contributed by atoms with Crippen molar-refractivity contribution in [2.24, 2.45) is 22.9 Å². The van der Waals surface area contributed by atoms with Crippen molar-refractivity contribution in [2.75, 3.05) is 31.4 Å². The van der Waals surface area contributed by atoms with Crippen molar-refractivity contribution in [1.29, 1.82) is 0 Å². The second-order valence-corrected chi connectivity index (χ2v) is 16.8. The van der Waals surface area contributed by atoms with Crippen molar-refractivity contribution in [2.45, 2.75) is 89.9 Å². The zero-order valence-electron chi connectivity index (χ0n) is 35.5. The van der Waals surface area contributed by atoms with Crippen LogP contribution in [0.1, 0.15) is 101 Å². The molecule has 12 nitrogen and oxygen atoms in total. The number of hydrazone groups is 1. The normalized spacial score (nSPS) is 18.7. The molecule has 0 saturated heterocycles. The fraction of sp³-hybridized carbons (Fsp3) is 0.429. The van der Waals surface area contributed by atoms with E-state index in [4.69, 9.17) is 33.8 Å². The summed E-state index contributed by atoms with van der Waals surface area (Å²) in [6.07, 6.45) is 14.2. The number of aromatic nitrogens is 1. The van der Waals surface area contributed by atoms with E-state index in [0.29, 0.717) is 85.5 Å². The molecular weight excluding hydrogens is 807 g/mol. The average Bonchev–Trinajstić information content (AvgIpc) is 3.74. The number of rotatable bonds is 21. The number of ether oxygens (including phenoxy) is 5. The highest BCUT2D eigenvalue weighted by Gasteiger charge is 2.33. The van der Waals surface area contributed by atoms with Crippen LogP contribution in [0.5, 0.6) is 17.2 Å². The van der Waals surface area contributed by atoms with Gasteiger partial charge in [0.2, 0.25) is 5.13 Å².